The average molecular weight is 230 g/mol. The van der Waals surface area contributed by atoms with E-state index in [9.17, 15) is 13.2 Å². The number of sulfonamides is 1. The van der Waals surface area contributed by atoms with Crippen LogP contribution in [0.5, 0.6) is 0 Å². The summed E-state index contributed by atoms with van der Waals surface area (Å²) in [6.07, 6.45) is 2.06. The van der Waals surface area contributed by atoms with Gasteiger partial charge >= 0.3 is 5.97 Å². The predicted molar refractivity (Wildman–Crippen MR) is 51.1 cm³/mol. The molecule has 1 aliphatic rings. The van der Waals surface area contributed by atoms with Crippen molar-refractivity contribution in [1.29, 1.82) is 0 Å². The minimum absolute atomic E-state index is 0.0135. The molecule has 1 aromatic heterocycles. The molecule has 2 heterocycles. The Morgan fingerprint density at radius 3 is 2.53 bits per heavy atom. The lowest BCUT2D eigenvalue weighted by Crippen LogP contribution is -2.41. The molecular formula is C8H10N2O4S. The molecule has 0 atom stereocenters. The van der Waals surface area contributed by atoms with Crippen molar-refractivity contribution in [3.05, 3.63) is 18.0 Å². The first-order valence-electron chi connectivity index (χ1n) is 4.43. The molecule has 6 nitrogen and oxygen atoms in total. The van der Waals surface area contributed by atoms with Gasteiger partial charge in [-0.25, -0.2) is 13.2 Å². The van der Waals surface area contributed by atoms with Gasteiger partial charge in [0.15, 0.2) is 0 Å². The number of nitrogens with one attached hydrogen (secondary N) is 1. The zero-order valence-electron chi connectivity index (χ0n) is 7.80. The van der Waals surface area contributed by atoms with E-state index >= 15 is 0 Å². The number of aromatic nitrogens is 1. The number of carbonyl (C=O) groups is 1. The Hall–Kier alpha value is -1.34. The Morgan fingerprint density at radius 1 is 1.47 bits per heavy atom. The van der Waals surface area contributed by atoms with Crippen molar-refractivity contribution in [2.75, 3.05) is 13.1 Å². The third-order valence-electron chi connectivity index (χ3n) is 2.34. The van der Waals surface area contributed by atoms with Crippen molar-refractivity contribution in [2.24, 2.45) is 0 Å². The summed E-state index contributed by atoms with van der Waals surface area (Å²) in [5.41, 5.74) is -0.117. The average Bonchev–Trinajstić information content (AvgIpc) is 2.46. The lowest BCUT2D eigenvalue weighted by atomic mass is 10.3. The molecule has 0 spiro atoms. The molecule has 15 heavy (non-hydrogen) atoms. The fourth-order valence-electron chi connectivity index (χ4n) is 1.32. The van der Waals surface area contributed by atoms with Gasteiger partial charge in [-0.15, -0.1) is 0 Å². The quantitative estimate of drug-likeness (QED) is 0.771. The second kappa shape index (κ2) is 3.35. The molecule has 1 fully saturated rings. The van der Waals surface area contributed by atoms with Gasteiger partial charge in [0.05, 0.1) is 0 Å². The maximum absolute atomic E-state index is 11.8. The lowest BCUT2D eigenvalue weighted by Gasteiger charge is -2.29. The molecule has 0 saturated carbocycles. The summed E-state index contributed by atoms with van der Waals surface area (Å²) < 4.78 is 24.8. The predicted octanol–water partition coefficient (Wildman–Crippen LogP) is 0.107. The van der Waals surface area contributed by atoms with Crippen LogP contribution < -0.4 is 0 Å². The smallest absolute Gasteiger partial charge is 0.352 e. The van der Waals surface area contributed by atoms with E-state index in [0.29, 0.717) is 13.1 Å². The summed E-state index contributed by atoms with van der Waals surface area (Å²) in [7, 11) is -3.48. The highest BCUT2D eigenvalue weighted by molar-refractivity contribution is 7.89. The van der Waals surface area contributed by atoms with Gasteiger partial charge in [-0.2, -0.15) is 4.31 Å². The van der Waals surface area contributed by atoms with Gasteiger partial charge in [-0.1, -0.05) is 0 Å². The highest BCUT2D eigenvalue weighted by atomic mass is 32.2. The first kappa shape index (κ1) is 10.2. The maximum Gasteiger partial charge on any atom is 0.352 e. The zero-order chi connectivity index (χ0) is 11.1. The van der Waals surface area contributed by atoms with Crippen molar-refractivity contribution >= 4 is 16.0 Å². The van der Waals surface area contributed by atoms with Gasteiger partial charge in [-0.05, 0) is 12.5 Å². The summed E-state index contributed by atoms with van der Waals surface area (Å²) in [6.45, 7) is 1.02. The second-order valence-electron chi connectivity index (χ2n) is 3.31. The first-order chi connectivity index (χ1) is 7.01. The molecule has 2 N–H and O–H groups in total. The van der Waals surface area contributed by atoms with Gasteiger partial charge in [0, 0.05) is 19.3 Å². The summed E-state index contributed by atoms with van der Waals surface area (Å²) in [6, 6.07) is 1.13. The van der Waals surface area contributed by atoms with E-state index in [2.05, 4.69) is 4.98 Å². The largest absolute Gasteiger partial charge is 0.477 e. The van der Waals surface area contributed by atoms with Gasteiger partial charge in [-0.3, -0.25) is 0 Å². The van der Waals surface area contributed by atoms with Crippen LogP contribution >= 0.6 is 0 Å². The standard InChI is InChI=1S/C8H10N2O4S/c11-8(12)7-4-6(5-9-7)15(13,14)10-2-1-3-10/h4-5,9H,1-3H2,(H,11,12). The number of carboxylic acid groups (broad SMARTS) is 1. The van der Waals surface area contributed by atoms with Crippen LogP contribution in [0.25, 0.3) is 0 Å². The number of aromatic amines is 1. The van der Waals surface area contributed by atoms with Crippen LogP contribution in [0, 0.1) is 0 Å². The molecule has 0 unspecified atom stereocenters. The SMILES string of the molecule is O=C(O)c1cc(S(=O)(=O)N2CCC2)c[nH]1. The molecule has 0 radical (unpaired) electrons. The van der Waals surface area contributed by atoms with E-state index in [4.69, 9.17) is 5.11 Å². The molecular weight excluding hydrogens is 220 g/mol. The first-order valence-corrected chi connectivity index (χ1v) is 5.87. The highest BCUT2D eigenvalue weighted by Gasteiger charge is 2.30. The van der Waals surface area contributed by atoms with E-state index in [1.807, 2.05) is 0 Å². The molecule has 0 bridgehead atoms. The molecule has 0 amide bonds. The van der Waals surface area contributed by atoms with Crippen LogP contribution in [0.15, 0.2) is 17.2 Å². The van der Waals surface area contributed by atoms with Crippen LogP contribution in [0.4, 0.5) is 0 Å². The molecule has 0 aliphatic carbocycles. The summed E-state index contributed by atoms with van der Waals surface area (Å²) >= 11 is 0. The second-order valence-corrected chi connectivity index (χ2v) is 5.25. The molecule has 1 saturated heterocycles. The Balaban J connectivity index is 2.32. The van der Waals surface area contributed by atoms with Gasteiger partial charge < -0.3 is 10.1 Å². The molecule has 1 aliphatic heterocycles. The zero-order valence-corrected chi connectivity index (χ0v) is 8.62. The summed E-state index contributed by atoms with van der Waals surface area (Å²) in [5.74, 6) is -1.17. The van der Waals surface area contributed by atoms with Crippen molar-refractivity contribution in [2.45, 2.75) is 11.3 Å². The Bertz CT molecular complexity index is 486. The minimum atomic E-state index is -3.48. The summed E-state index contributed by atoms with van der Waals surface area (Å²) in [5, 5.41) is 8.63. The van der Waals surface area contributed by atoms with E-state index in [1.165, 1.54) is 10.5 Å². The number of hydrogen-bond donors (Lipinski definition) is 2. The van der Waals surface area contributed by atoms with Crippen molar-refractivity contribution < 1.29 is 18.3 Å². The molecule has 7 heteroatoms. The number of rotatable bonds is 3. The molecule has 82 valence electrons. The molecule has 1 aromatic rings. The van der Waals surface area contributed by atoms with Crippen LogP contribution in [-0.4, -0.2) is 41.9 Å². The van der Waals surface area contributed by atoms with E-state index in [0.717, 1.165) is 12.5 Å². The normalized spacial score (nSPS) is 17.3. The number of carboxylic acids is 1. The Kier molecular flexibility index (Phi) is 2.28. The van der Waals surface area contributed by atoms with E-state index < -0.39 is 16.0 Å². The fraction of sp³-hybridized carbons (Fsp3) is 0.375. The maximum atomic E-state index is 11.8. The van der Waals surface area contributed by atoms with Crippen molar-refractivity contribution in [3.8, 4) is 0 Å². The molecule has 0 aromatic carbocycles. The fourth-order valence-corrected chi connectivity index (χ4v) is 2.84. The van der Waals surface area contributed by atoms with Gasteiger partial charge in [0.1, 0.15) is 10.6 Å². The highest BCUT2D eigenvalue weighted by Crippen LogP contribution is 2.21. The van der Waals surface area contributed by atoms with Crippen LogP contribution in [0.2, 0.25) is 0 Å². The third-order valence-corrected chi connectivity index (χ3v) is 4.22. The van der Waals surface area contributed by atoms with E-state index in [1.54, 1.807) is 0 Å². The number of aromatic carboxylic acids is 1. The van der Waals surface area contributed by atoms with Crippen LogP contribution in [0.1, 0.15) is 16.9 Å². The number of H-pyrrole nitrogens is 1. The van der Waals surface area contributed by atoms with E-state index in [-0.39, 0.29) is 10.6 Å². The monoisotopic (exact) mass is 230 g/mol. The number of hydrogen-bond acceptors (Lipinski definition) is 3. The van der Waals surface area contributed by atoms with Crippen LogP contribution in [-0.2, 0) is 10.0 Å². The number of nitrogens with zero attached hydrogens (tertiary/aromatic N) is 1. The van der Waals surface area contributed by atoms with Crippen molar-refractivity contribution in [1.82, 2.24) is 9.29 Å². The molecule has 2 rings (SSSR count). The Morgan fingerprint density at radius 2 is 2.13 bits per heavy atom. The lowest BCUT2D eigenvalue weighted by molar-refractivity contribution is 0.0691. The summed E-state index contributed by atoms with van der Waals surface area (Å²) in [4.78, 5) is 13.0. The van der Waals surface area contributed by atoms with Crippen molar-refractivity contribution in [3.63, 3.8) is 0 Å². The topological polar surface area (TPSA) is 90.5 Å². The minimum Gasteiger partial charge on any atom is -0.477 e. The van der Waals surface area contributed by atoms with Gasteiger partial charge in [0.2, 0.25) is 10.0 Å². The van der Waals surface area contributed by atoms with Crippen LogP contribution in [0.3, 0.4) is 0 Å². The Labute approximate surface area is 86.6 Å². The third kappa shape index (κ3) is 1.64. The van der Waals surface area contributed by atoms with Gasteiger partial charge in [0.25, 0.3) is 0 Å².